The van der Waals surface area contributed by atoms with Crippen LogP contribution in [-0.4, -0.2) is 9.13 Å². The molecule has 0 amide bonds. The second kappa shape index (κ2) is 16.7. The second-order valence-corrected chi connectivity index (χ2v) is 22.6. The monoisotopic (exact) mass is 972 g/mol. The van der Waals surface area contributed by atoms with Gasteiger partial charge in [-0.1, -0.05) is 160 Å². The average molecular weight is 973 g/mol. The number of benzene rings is 9. The SMILES string of the molecule is Fc1ccc(-c2c(C3CCCCC3)c(-n3c4ccccc4c4ccc5c6ccccc6sc5c43)c(C3CCCCC3)c(-c3ccc(F)cc3)c2-n2c3ccccc3c3ccc4c5ccccc5sc4c32)cc1. The topological polar surface area (TPSA) is 9.86 Å². The van der Waals surface area contributed by atoms with Crippen molar-refractivity contribution in [2.24, 2.45) is 0 Å². The third kappa shape index (κ3) is 6.34. The van der Waals surface area contributed by atoms with E-state index in [1.54, 1.807) is 24.3 Å². The Balaban J connectivity index is 1.25. The molecule has 13 aromatic rings. The number of nitrogens with zero attached hydrogens (tertiary/aromatic N) is 2. The van der Waals surface area contributed by atoms with Crippen molar-refractivity contribution < 1.29 is 8.78 Å². The van der Waals surface area contributed by atoms with Gasteiger partial charge in [-0.25, -0.2) is 8.78 Å². The van der Waals surface area contributed by atoms with Crippen molar-refractivity contribution in [3.8, 4) is 33.6 Å². The highest BCUT2D eigenvalue weighted by molar-refractivity contribution is 7.27. The van der Waals surface area contributed by atoms with Crippen LogP contribution in [0.25, 0.3) is 118 Å². The summed E-state index contributed by atoms with van der Waals surface area (Å²) in [4.78, 5) is 0. The van der Waals surface area contributed by atoms with Crippen molar-refractivity contribution in [1.82, 2.24) is 9.13 Å². The minimum Gasteiger partial charge on any atom is -0.307 e. The van der Waals surface area contributed by atoms with Gasteiger partial charge >= 0.3 is 0 Å². The summed E-state index contributed by atoms with van der Waals surface area (Å²) in [6.45, 7) is 0. The van der Waals surface area contributed by atoms with Gasteiger partial charge in [-0.2, -0.15) is 0 Å². The van der Waals surface area contributed by atoms with Crippen LogP contribution in [-0.2, 0) is 0 Å². The highest BCUT2D eigenvalue weighted by Crippen LogP contribution is 2.57. The predicted octanol–water partition coefficient (Wildman–Crippen LogP) is 20.3. The zero-order chi connectivity index (χ0) is 47.6. The van der Waals surface area contributed by atoms with Gasteiger partial charge in [0.05, 0.1) is 42.8 Å². The lowest BCUT2D eigenvalue weighted by molar-refractivity contribution is 0.435. The Morgan fingerprint density at radius 2 is 0.722 bits per heavy atom. The van der Waals surface area contributed by atoms with E-state index in [9.17, 15) is 0 Å². The van der Waals surface area contributed by atoms with Crippen LogP contribution in [0.5, 0.6) is 0 Å². The van der Waals surface area contributed by atoms with Gasteiger partial charge in [0.2, 0.25) is 0 Å². The fraction of sp³-hybridized carbons (Fsp3) is 0.182. The molecule has 2 nitrogen and oxygen atoms in total. The van der Waals surface area contributed by atoms with Crippen molar-refractivity contribution in [2.45, 2.75) is 76.0 Å². The van der Waals surface area contributed by atoms with Crippen molar-refractivity contribution in [2.75, 3.05) is 0 Å². The van der Waals surface area contributed by atoms with Gasteiger partial charge < -0.3 is 9.13 Å². The summed E-state index contributed by atoms with van der Waals surface area (Å²) in [6.07, 6.45) is 11.2. The molecule has 0 N–H and O–H groups in total. The molecule has 0 radical (unpaired) electrons. The van der Waals surface area contributed by atoms with Crippen molar-refractivity contribution >= 4 is 107 Å². The molecule has 2 fully saturated rings. The molecule has 0 aliphatic heterocycles. The molecular formula is C66H50F2N2S2. The number of halogens is 2. The lowest BCUT2D eigenvalue weighted by atomic mass is 9.72. The molecule has 0 spiro atoms. The van der Waals surface area contributed by atoms with Crippen molar-refractivity contribution in [3.05, 3.63) is 193 Å². The van der Waals surface area contributed by atoms with Crippen LogP contribution in [0, 0.1) is 11.6 Å². The minimum absolute atomic E-state index is 0.215. The number of rotatable bonds is 6. The maximum atomic E-state index is 15.7. The summed E-state index contributed by atoms with van der Waals surface area (Å²) < 4.78 is 41.7. The van der Waals surface area contributed by atoms with E-state index in [1.807, 2.05) is 46.9 Å². The van der Waals surface area contributed by atoms with Crippen LogP contribution in [0.2, 0.25) is 0 Å². The number of hydrogen-bond donors (Lipinski definition) is 0. The molecule has 0 atom stereocenters. The third-order valence-electron chi connectivity index (χ3n) is 16.6. The Morgan fingerprint density at radius 1 is 0.347 bits per heavy atom. The van der Waals surface area contributed by atoms with E-state index >= 15 is 8.78 Å². The molecule has 4 aromatic heterocycles. The first-order valence-corrected chi connectivity index (χ1v) is 27.7. The fourth-order valence-electron chi connectivity index (χ4n) is 13.5. The van der Waals surface area contributed by atoms with Crippen LogP contribution in [0.4, 0.5) is 8.78 Å². The van der Waals surface area contributed by atoms with E-state index in [1.165, 1.54) is 108 Å². The van der Waals surface area contributed by atoms with Gasteiger partial charge in [-0.15, -0.1) is 22.7 Å². The van der Waals surface area contributed by atoms with E-state index in [4.69, 9.17) is 0 Å². The number of para-hydroxylation sites is 2. The van der Waals surface area contributed by atoms with Crippen molar-refractivity contribution in [1.29, 1.82) is 0 Å². The van der Waals surface area contributed by atoms with Crippen molar-refractivity contribution in [3.63, 3.8) is 0 Å². The predicted molar refractivity (Wildman–Crippen MR) is 303 cm³/mol. The van der Waals surface area contributed by atoms with Gasteiger partial charge in [0, 0.05) is 63.6 Å². The Kier molecular flexibility index (Phi) is 9.89. The summed E-state index contributed by atoms with van der Waals surface area (Å²) in [7, 11) is 0. The fourth-order valence-corrected chi connectivity index (χ4v) is 16.0. The molecule has 15 rings (SSSR count). The summed E-state index contributed by atoms with van der Waals surface area (Å²) >= 11 is 3.77. The second-order valence-electron chi connectivity index (χ2n) is 20.5. The molecule has 6 heteroatoms. The molecule has 2 aliphatic carbocycles. The van der Waals surface area contributed by atoms with Gasteiger partial charge in [0.25, 0.3) is 0 Å². The molecule has 2 aliphatic rings. The molecular weight excluding hydrogens is 923 g/mol. The molecule has 0 bridgehead atoms. The highest BCUT2D eigenvalue weighted by atomic mass is 32.1. The largest absolute Gasteiger partial charge is 0.307 e. The van der Waals surface area contributed by atoms with E-state index in [-0.39, 0.29) is 23.5 Å². The molecule has 4 heterocycles. The first-order valence-electron chi connectivity index (χ1n) is 26.0. The molecule has 72 heavy (non-hydrogen) atoms. The number of hydrogen-bond acceptors (Lipinski definition) is 2. The Bertz CT molecular complexity index is 4220. The lowest BCUT2D eigenvalue weighted by Gasteiger charge is -2.37. The Labute approximate surface area is 424 Å². The molecule has 9 aromatic carbocycles. The van der Waals surface area contributed by atoms with Gasteiger partial charge in [0.15, 0.2) is 0 Å². The van der Waals surface area contributed by atoms with E-state index in [0.29, 0.717) is 0 Å². The van der Waals surface area contributed by atoms with Crippen LogP contribution in [0.15, 0.2) is 170 Å². The molecule has 2 saturated carbocycles. The van der Waals surface area contributed by atoms with Crippen LogP contribution in [0.1, 0.15) is 87.2 Å². The average Bonchev–Trinajstić information content (AvgIpc) is 4.20. The van der Waals surface area contributed by atoms with Crippen LogP contribution in [0.3, 0.4) is 0 Å². The number of thiophene rings is 2. The van der Waals surface area contributed by atoms with Gasteiger partial charge in [0.1, 0.15) is 11.6 Å². The standard InChI is InChI=1S/C66H50F2N2S2/c67-43-31-27-41(28-32-43)59-57(39-15-3-1-4-16-39)63(69-53-23-11-7-19-45(53)49-35-37-51-47-21-9-13-25-55(47)71-65(51)61(49)69)58(40-17-5-2-6-18-40)60(42-29-33-44(68)34-30-42)64(59)70-54-24-12-8-20-46(54)50-36-38-52-48-22-10-14-26-56(48)72-66(52)62(50)70/h7-14,19-40H,1-6,15-18H2. The first kappa shape index (κ1) is 42.6. The van der Waals surface area contributed by atoms with Crippen LogP contribution < -0.4 is 0 Å². The Morgan fingerprint density at radius 3 is 1.17 bits per heavy atom. The van der Waals surface area contributed by atoms with E-state index in [2.05, 4.69) is 130 Å². The maximum absolute atomic E-state index is 15.7. The van der Waals surface area contributed by atoms with E-state index in [0.717, 1.165) is 84.8 Å². The summed E-state index contributed by atoms with van der Waals surface area (Å²) in [5, 5.41) is 9.94. The third-order valence-corrected chi connectivity index (χ3v) is 19.0. The molecule has 350 valence electrons. The summed E-state index contributed by atoms with van der Waals surface area (Å²) in [6, 6.07) is 59.9. The maximum Gasteiger partial charge on any atom is 0.123 e. The normalized spacial score (nSPS) is 15.2. The Hall–Kier alpha value is -7.12. The van der Waals surface area contributed by atoms with E-state index < -0.39 is 0 Å². The number of aromatic nitrogens is 2. The minimum atomic E-state index is -0.254. The first-order chi connectivity index (χ1) is 35.6. The summed E-state index contributed by atoms with van der Waals surface area (Å²) in [5.41, 5.74) is 14.1. The highest BCUT2D eigenvalue weighted by Gasteiger charge is 2.38. The van der Waals surface area contributed by atoms with Gasteiger partial charge in [-0.05, 0) is 108 Å². The number of fused-ring (bicyclic) bond motifs is 14. The lowest BCUT2D eigenvalue weighted by Crippen LogP contribution is -2.20. The summed E-state index contributed by atoms with van der Waals surface area (Å²) in [5.74, 6) is -0.0775. The smallest absolute Gasteiger partial charge is 0.123 e. The zero-order valence-corrected chi connectivity index (χ0v) is 41.5. The van der Waals surface area contributed by atoms with Gasteiger partial charge in [-0.3, -0.25) is 0 Å². The van der Waals surface area contributed by atoms with Crippen LogP contribution >= 0.6 is 22.7 Å². The zero-order valence-electron chi connectivity index (χ0n) is 39.9. The quantitative estimate of drug-likeness (QED) is 0.157. The molecule has 0 saturated heterocycles. The molecule has 0 unspecified atom stereocenters.